The monoisotopic (exact) mass is 500 g/mol. The van der Waals surface area contributed by atoms with E-state index in [1.807, 2.05) is 21.8 Å². The number of amides is 1. The Balaban J connectivity index is 1.79. The van der Waals surface area contributed by atoms with Gasteiger partial charge in [0, 0.05) is 28.9 Å². The van der Waals surface area contributed by atoms with E-state index in [1.54, 1.807) is 24.3 Å². The molecule has 1 aliphatic heterocycles. The Hall–Kier alpha value is -3.17. The number of carbonyl (C=O) groups is 1. The molecule has 1 fully saturated rings. The first-order valence-electron chi connectivity index (χ1n) is 10.8. The molecule has 4 rings (SSSR count). The third-order valence-corrected chi connectivity index (χ3v) is 8.07. The number of hydrogen-bond donors (Lipinski definition) is 2. The van der Waals surface area contributed by atoms with Gasteiger partial charge < -0.3 is 9.88 Å². The van der Waals surface area contributed by atoms with Crippen LogP contribution in [0.4, 0.5) is 5.82 Å². The van der Waals surface area contributed by atoms with E-state index in [0.29, 0.717) is 29.0 Å². The number of aromatic nitrogens is 2. The summed E-state index contributed by atoms with van der Waals surface area (Å²) in [4.78, 5) is 33.8. The number of H-pyrrole nitrogens is 1. The molecule has 0 aliphatic carbocycles. The Morgan fingerprint density at radius 3 is 2.62 bits per heavy atom. The van der Waals surface area contributed by atoms with Crippen molar-refractivity contribution in [1.29, 1.82) is 0 Å². The fourth-order valence-electron chi connectivity index (χ4n) is 4.10. The first kappa shape index (κ1) is 24.0. The van der Waals surface area contributed by atoms with Crippen molar-refractivity contribution in [2.45, 2.75) is 37.6 Å². The summed E-state index contributed by atoms with van der Waals surface area (Å²) < 4.78 is 27.6. The van der Waals surface area contributed by atoms with Gasteiger partial charge in [-0.15, -0.1) is 0 Å². The zero-order chi connectivity index (χ0) is 24.7. The summed E-state index contributed by atoms with van der Waals surface area (Å²) >= 11 is 6.15. The van der Waals surface area contributed by atoms with Gasteiger partial charge in [0.25, 0.3) is 21.5 Å². The van der Waals surface area contributed by atoms with Crippen LogP contribution in [0.15, 0.2) is 64.4 Å². The minimum Gasteiger partial charge on any atom is -0.351 e. The number of halogens is 1. The molecule has 3 aromatic rings. The molecule has 3 heterocycles. The minimum absolute atomic E-state index is 0.101. The summed E-state index contributed by atoms with van der Waals surface area (Å²) in [6.07, 6.45) is 2.21. The van der Waals surface area contributed by atoms with Crippen LogP contribution in [-0.2, 0) is 10.0 Å². The number of hydrogen-bond acceptors (Lipinski definition) is 6. The maximum atomic E-state index is 13.2. The van der Waals surface area contributed by atoms with Gasteiger partial charge in [0.15, 0.2) is 4.90 Å². The lowest BCUT2D eigenvalue weighted by Gasteiger charge is -2.36. The number of rotatable bonds is 5. The number of anilines is 1. The Morgan fingerprint density at radius 2 is 1.97 bits per heavy atom. The Labute approximate surface area is 203 Å². The van der Waals surface area contributed by atoms with Crippen LogP contribution >= 0.6 is 11.6 Å². The molecule has 1 aromatic carbocycles. The molecular formula is C24H25ClN4O4S. The van der Waals surface area contributed by atoms with Crippen LogP contribution in [0.1, 0.15) is 37.6 Å². The van der Waals surface area contributed by atoms with Gasteiger partial charge in [0.2, 0.25) is 0 Å². The highest BCUT2D eigenvalue weighted by Crippen LogP contribution is 2.39. The number of benzene rings is 1. The number of nitrogens with one attached hydrogen (secondary N) is 2. The van der Waals surface area contributed by atoms with E-state index in [4.69, 9.17) is 16.6 Å². The molecule has 1 amide bonds. The van der Waals surface area contributed by atoms with E-state index in [-0.39, 0.29) is 11.1 Å². The largest absolute Gasteiger partial charge is 0.351 e. The van der Waals surface area contributed by atoms with E-state index in [9.17, 15) is 18.0 Å². The fraction of sp³-hybridized carbons (Fsp3) is 0.292. The van der Waals surface area contributed by atoms with Gasteiger partial charge >= 0.3 is 0 Å². The van der Waals surface area contributed by atoms with Crippen molar-refractivity contribution in [3.05, 3.63) is 75.7 Å². The highest BCUT2D eigenvalue weighted by Gasteiger charge is 2.41. The molecule has 34 heavy (non-hydrogen) atoms. The zero-order valence-electron chi connectivity index (χ0n) is 19.0. The lowest BCUT2D eigenvalue weighted by atomic mass is 9.90. The normalized spacial score (nSPS) is 17.5. The lowest BCUT2D eigenvalue weighted by molar-refractivity contribution is 0.0981. The van der Waals surface area contributed by atoms with Crippen LogP contribution in [0, 0.1) is 5.92 Å². The van der Waals surface area contributed by atoms with Crippen LogP contribution in [0.5, 0.6) is 0 Å². The molecule has 0 bridgehead atoms. The lowest BCUT2D eigenvalue weighted by Crippen LogP contribution is -2.44. The summed E-state index contributed by atoms with van der Waals surface area (Å²) in [6.45, 7) is 6.93. The van der Waals surface area contributed by atoms with Gasteiger partial charge in [-0.05, 0) is 62.6 Å². The van der Waals surface area contributed by atoms with E-state index < -0.39 is 26.4 Å². The first-order chi connectivity index (χ1) is 16.0. The van der Waals surface area contributed by atoms with Gasteiger partial charge in [0.1, 0.15) is 5.82 Å². The average Bonchev–Trinajstić information content (AvgIpc) is 3.05. The summed E-state index contributed by atoms with van der Waals surface area (Å²) in [5.74, 6) is -0.160. The minimum atomic E-state index is -4.39. The highest BCUT2D eigenvalue weighted by molar-refractivity contribution is 7.90. The predicted octanol–water partition coefficient (Wildman–Crippen LogP) is 3.83. The third kappa shape index (κ3) is 4.45. The fourth-order valence-corrected chi connectivity index (χ4v) is 5.31. The summed E-state index contributed by atoms with van der Waals surface area (Å²) in [7, 11) is -4.39. The molecule has 1 saturated heterocycles. The second-order valence-electron chi connectivity index (χ2n) is 8.87. The van der Waals surface area contributed by atoms with Crippen molar-refractivity contribution in [2.24, 2.45) is 5.92 Å². The van der Waals surface area contributed by atoms with E-state index in [1.165, 1.54) is 12.3 Å². The molecular weight excluding hydrogens is 476 g/mol. The molecule has 8 nitrogen and oxygen atoms in total. The van der Waals surface area contributed by atoms with Gasteiger partial charge in [-0.25, -0.2) is 18.1 Å². The second kappa shape index (κ2) is 8.88. The van der Waals surface area contributed by atoms with Crippen LogP contribution in [0.3, 0.4) is 0 Å². The average molecular weight is 501 g/mol. The van der Waals surface area contributed by atoms with E-state index in [2.05, 4.69) is 25.8 Å². The van der Waals surface area contributed by atoms with Gasteiger partial charge in [-0.3, -0.25) is 9.59 Å². The topological polar surface area (TPSA) is 112 Å². The molecule has 1 unspecified atom stereocenters. The summed E-state index contributed by atoms with van der Waals surface area (Å²) in [5.41, 5.74) is 0.349. The molecule has 10 heteroatoms. The standard InChI is InChI=1S/C24H25ClN4O4S/c1-15-11-13-29(24(15,2)3)21-18(9-10-19(27-21)16-6-4-7-17(25)14-16)22(30)28-34(32,33)20-8-5-12-26-23(20)31/h4-10,12,14-15H,11,13H2,1-3H3,(H,26,31)(H,28,30). The molecule has 0 saturated carbocycles. The zero-order valence-corrected chi connectivity index (χ0v) is 20.6. The number of aromatic amines is 1. The summed E-state index contributed by atoms with van der Waals surface area (Å²) in [6, 6.07) is 12.9. The molecule has 178 valence electrons. The number of sulfonamides is 1. The third-order valence-electron chi connectivity index (χ3n) is 6.48. The van der Waals surface area contributed by atoms with Crippen molar-refractivity contribution in [3.8, 4) is 11.3 Å². The molecule has 1 aliphatic rings. The van der Waals surface area contributed by atoms with Gasteiger partial charge in [0.05, 0.1) is 11.3 Å². The Morgan fingerprint density at radius 1 is 1.21 bits per heavy atom. The van der Waals surface area contributed by atoms with Crippen LogP contribution in [0.2, 0.25) is 5.02 Å². The molecule has 2 N–H and O–H groups in total. The van der Waals surface area contributed by atoms with Crippen molar-refractivity contribution in [3.63, 3.8) is 0 Å². The summed E-state index contributed by atoms with van der Waals surface area (Å²) in [5, 5.41) is 0.553. The predicted molar refractivity (Wildman–Crippen MR) is 132 cm³/mol. The maximum absolute atomic E-state index is 13.2. The molecule has 0 radical (unpaired) electrons. The molecule has 0 spiro atoms. The van der Waals surface area contributed by atoms with Crippen LogP contribution < -0.4 is 15.2 Å². The van der Waals surface area contributed by atoms with Gasteiger partial charge in [-0.2, -0.15) is 0 Å². The van der Waals surface area contributed by atoms with Gasteiger partial charge in [-0.1, -0.05) is 30.7 Å². The maximum Gasteiger partial charge on any atom is 0.269 e. The quantitative estimate of drug-likeness (QED) is 0.550. The van der Waals surface area contributed by atoms with Crippen LogP contribution in [-0.4, -0.2) is 36.4 Å². The highest BCUT2D eigenvalue weighted by atomic mass is 35.5. The van der Waals surface area contributed by atoms with Crippen molar-refractivity contribution in [2.75, 3.05) is 11.4 Å². The van der Waals surface area contributed by atoms with E-state index in [0.717, 1.165) is 18.1 Å². The number of pyridine rings is 2. The Bertz CT molecular complexity index is 1420. The number of nitrogens with zero attached hydrogens (tertiary/aromatic N) is 2. The smallest absolute Gasteiger partial charge is 0.269 e. The molecule has 2 aromatic heterocycles. The second-order valence-corrected chi connectivity index (χ2v) is 11.0. The van der Waals surface area contributed by atoms with Crippen LogP contribution in [0.25, 0.3) is 11.3 Å². The Kier molecular flexibility index (Phi) is 6.26. The molecule has 1 atom stereocenters. The van der Waals surface area contributed by atoms with Crippen molar-refractivity contribution >= 4 is 33.3 Å². The SMILES string of the molecule is CC1CCN(c2nc(-c3cccc(Cl)c3)ccc2C(=O)NS(=O)(=O)c2ccc[nH]c2=O)C1(C)C. The van der Waals surface area contributed by atoms with Crippen molar-refractivity contribution < 1.29 is 13.2 Å². The number of carbonyl (C=O) groups excluding carboxylic acids is 1. The van der Waals surface area contributed by atoms with E-state index >= 15 is 0 Å². The van der Waals surface area contributed by atoms with Crippen molar-refractivity contribution in [1.82, 2.24) is 14.7 Å². The first-order valence-corrected chi connectivity index (χ1v) is 12.7.